The minimum Gasteiger partial charge on any atom is -0.396 e. The molecular formula is C31H39F6N3O2. The highest BCUT2D eigenvalue weighted by atomic mass is 19.4. The summed E-state index contributed by atoms with van der Waals surface area (Å²) in [5.74, 6) is 0.376. The van der Waals surface area contributed by atoms with E-state index >= 15 is 0 Å². The molecule has 5 nitrogen and oxygen atoms in total. The van der Waals surface area contributed by atoms with Gasteiger partial charge in [-0.1, -0.05) is 38.1 Å². The summed E-state index contributed by atoms with van der Waals surface area (Å²) < 4.78 is 81.2. The zero-order chi connectivity index (χ0) is 31.2. The Morgan fingerprint density at radius 1 is 1.02 bits per heavy atom. The average Bonchev–Trinajstić information content (AvgIpc) is 3.32. The number of alkyl halides is 6. The molecule has 0 spiro atoms. The molecule has 2 heterocycles. The van der Waals surface area contributed by atoms with Crippen molar-refractivity contribution in [2.24, 2.45) is 17.3 Å². The number of urea groups is 1. The fourth-order valence-electron chi connectivity index (χ4n) is 6.46. The monoisotopic (exact) mass is 599 g/mol. The Morgan fingerprint density at radius 3 is 2.17 bits per heavy atom. The van der Waals surface area contributed by atoms with Gasteiger partial charge in [0.05, 0.1) is 23.2 Å². The van der Waals surface area contributed by atoms with Crippen molar-refractivity contribution in [3.05, 3.63) is 70.3 Å². The topological polar surface area (TPSA) is 47.0 Å². The number of carbonyl (C=O) groups is 1. The molecule has 4 atom stereocenters. The smallest absolute Gasteiger partial charge is 0.396 e. The predicted molar refractivity (Wildman–Crippen MR) is 148 cm³/mol. The van der Waals surface area contributed by atoms with Gasteiger partial charge in [-0.25, -0.2) is 4.79 Å². The lowest BCUT2D eigenvalue weighted by Crippen LogP contribution is -2.51. The average molecular weight is 600 g/mol. The number of rotatable bonds is 6. The zero-order valence-electron chi connectivity index (χ0n) is 24.6. The van der Waals surface area contributed by atoms with E-state index in [1.54, 1.807) is 4.90 Å². The fourth-order valence-corrected chi connectivity index (χ4v) is 6.46. The molecule has 2 aliphatic rings. The largest absolute Gasteiger partial charge is 0.416 e. The number of halogens is 6. The molecule has 0 aliphatic carbocycles. The van der Waals surface area contributed by atoms with E-state index in [9.17, 15) is 36.2 Å². The number of amides is 2. The van der Waals surface area contributed by atoms with Crippen LogP contribution in [0.4, 0.5) is 31.1 Å². The van der Waals surface area contributed by atoms with Crippen molar-refractivity contribution >= 4 is 6.03 Å². The van der Waals surface area contributed by atoms with E-state index in [1.165, 1.54) is 18.9 Å². The summed E-state index contributed by atoms with van der Waals surface area (Å²) in [6.45, 7) is 10.1. The second kappa shape index (κ2) is 11.7. The van der Waals surface area contributed by atoms with Crippen LogP contribution in [0, 0.1) is 24.2 Å². The summed E-state index contributed by atoms with van der Waals surface area (Å²) in [5, 5.41) is 9.81. The third-order valence-corrected chi connectivity index (χ3v) is 8.86. The van der Waals surface area contributed by atoms with E-state index in [0.717, 1.165) is 24.1 Å². The second-order valence-corrected chi connectivity index (χ2v) is 12.6. The molecule has 0 saturated carbocycles. The maximum atomic E-state index is 14.1. The minimum atomic E-state index is -4.98. The molecule has 0 bridgehead atoms. The summed E-state index contributed by atoms with van der Waals surface area (Å²) in [6, 6.07) is 7.42. The molecule has 4 rings (SSSR count). The Morgan fingerprint density at radius 2 is 1.62 bits per heavy atom. The predicted octanol–water partition coefficient (Wildman–Crippen LogP) is 7.16. The lowest BCUT2D eigenvalue weighted by atomic mass is 9.78. The highest BCUT2D eigenvalue weighted by Gasteiger charge is 2.47. The molecule has 2 amide bonds. The van der Waals surface area contributed by atoms with E-state index in [4.69, 9.17) is 0 Å². The normalized spacial score (nSPS) is 22.7. The Kier molecular flexibility index (Phi) is 8.96. The standard InChI is InChI=1S/C31H39F6N3O2/c1-19-8-6-7-9-25(19)27-26-16-39(17-29(3,4)18-41)15-21(26)10-11-40(27)28(42)38(5)20(2)22-12-23(30(32,33)34)14-24(13-22)31(35,36)37/h6-9,12-14,20-21,26-27,41H,10-11,15-18H2,1-5H3/t20-,21?,26-,27+/m1/s1. The third kappa shape index (κ3) is 6.72. The van der Waals surface area contributed by atoms with Gasteiger partial charge in [-0.15, -0.1) is 0 Å². The van der Waals surface area contributed by atoms with Gasteiger partial charge < -0.3 is 19.8 Å². The molecule has 1 unspecified atom stereocenters. The summed E-state index contributed by atoms with van der Waals surface area (Å²) in [7, 11) is 1.42. The number of fused-ring (bicyclic) bond motifs is 1. The van der Waals surface area contributed by atoms with Crippen LogP contribution in [-0.4, -0.2) is 65.7 Å². The maximum absolute atomic E-state index is 14.1. The maximum Gasteiger partial charge on any atom is 0.416 e. The van der Waals surface area contributed by atoms with Gasteiger partial charge in [-0.3, -0.25) is 0 Å². The molecule has 0 radical (unpaired) electrons. The summed E-state index contributed by atoms with van der Waals surface area (Å²) in [4.78, 5) is 19.4. The molecule has 2 fully saturated rings. The number of aryl methyl sites for hydroxylation is 1. The molecule has 11 heteroatoms. The van der Waals surface area contributed by atoms with Gasteiger partial charge in [0.1, 0.15) is 0 Å². The van der Waals surface area contributed by atoms with Crippen molar-refractivity contribution < 1.29 is 36.2 Å². The van der Waals surface area contributed by atoms with Gasteiger partial charge in [0.15, 0.2) is 0 Å². The Bertz CT molecular complexity index is 1250. The Labute approximate surface area is 243 Å². The summed E-state index contributed by atoms with van der Waals surface area (Å²) >= 11 is 0. The number of nitrogens with zero attached hydrogens (tertiary/aromatic N) is 3. The second-order valence-electron chi connectivity index (χ2n) is 12.6. The third-order valence-electron chi connectivity index (χ3n) is 8.86. The highest BCUT2D eigenvalue weighted by Crippen LogP contribution is 2.46. The van der Waals surface area contributed by atoms with Crippen LogP contribution in [0.15, 0.2) is 42.5 Å². The van der Waals surface area contributed by atoms with E-state index < -0.39 is 35.6 Å². The number of hydrogen-bond donors (Lipinski definition) is 1. The number of aliphatic hydroxyl groups is 1. The molecule has 2 aromatic carbocycles. The van der Waals surface area contributed by atoms with Gasteiger partial charge in [-0.05, 0) is 61.1 Å². The lowest BCUT2D eigenvalue weighted by Gasteiger charge is -2.45. The van der Waals surface area contributed by atoms with Gasteiger partial charge in [0.2, 0.25) is 0 Å². The van der Waals surface area contributed by atoms with Crippen molar-refractivity contribution in [3.8, 4) is 0 Å². The van der Waals surface area contributed by atoms with Crippen molar-refractivity contribution in [1.29, 1.82) is 0 Å². The first-order valence-electron chi connectivity index (χ1n) is 14.1. The molecule has 0 aromatic heterocycles. The summed E-state index contributed by atoms with van der Waals surface area (Å²) in [5.41, 5.74) is -1.38. The number of piperidine rings is 1. The Balaban J connectivity index is 1.67. The molecule has 2 aromatic rings. The Hall–Kier alpha value is -2.79. The van der Waals surface area contributed by atoms with Crippen LogP contribution in [-0.2, 0) is 12.4 Å². The number of likely N-dealkylation sites (tertiary alicyclic amines) is 2. The number of aliphatic hydroxyl groups excluding tert-OH is 1. The van der Waals surface area contributed by atoms with Crippen LogP contribution < -0.4 is 0 Å². The van der Waals surface area contributed by atoms with Crippen LogP contribution >= 0.6 is 0 Å². The molecule has 232 valence electrons. The molecule has 1 N–H and O–H groups in total. The lowest BCUT2D eigenvalue weighted by molar-refractivity contribution is -0.143. The first-order chi connectivity index (χ1) is 19.4. The first kappa shape index (κ1) is 32.1. The van der Waals surface area contributed by atoms with Crippen molar-refractivity contribution in [2.75, 3.05) is 39.8 Å². The number of benzene rings is 2. The fraction of sp³-hybridized carbons (Fsp3) is 0.581. The van der Waals surface area contributed by atoms with Crippen molar-refractivity contribution in [3.63, 3.8) is 0 Å². The quantitative estimate of drug-likeness (QED) is 0.359. The number of carbonyl (C=O) groups excluding carboxylic acids is 1. The molecule has 42 heavy (non-hydrogen) atoms. The van der Waals surface area contributed by atoms with E-state index in [-0.39, 0.29) is 35.6 Å². The van der Waals surface area contributed by atoms with Crippen molar-refractivity contribution in [2.45, 2.75) is 58.6 Å². The van der Waals surface area contributed by atoms with Crippen molar-refractivity contribution in [1.82, 2.24) is 14.7 Å². The van der Waals surface area contributed by atoms with Gasteiger partial charge >= 0.3 is 18.4 Å². The van der Waals surface area contributed by atoms with E-state index in [0.29, 0.717) is 37.7 Å². The van der Waals surface area contributed by atoms with Crippen LogP contribution in [0.3, 0.4) is 0 Å². The van der Waals surface area contributed by atoms with Crippen LogP contribution in [0.1, 0.15) is 67.1 Å². The van der Waals surface area contributed by atoms with Crippen LogP contribution in [0.25, 0.3) is 0 Å². The van der Waals surface area contributed by atoms with Gasteiger partial charge in [0, 0.05) is 51.2 Å². The molecule has 2 aliphatic heterocycles. The zero-order valence-corrected chi connectivity index (χ0v) is 24.6. The number of hydrogen-bond acceptors (Lipinski definition) is 3. The minimum absolute atomic E-state index is 0.0406. The van der Waals surface area contributed by atoms with Gasteiger partial charge in [0.25, 0.3) is 0 Å². The summed E-state index contributed by atoms with van der Waals surface area (Å²) in [6.07, 6.45) is -9.23. The SMILES string of the molecule is Cc1ccccc1[C@H]1[C@@H]2CN(CC(C)(C)CO)CC2CCN1C(=O)N(C)[C@H](C)c1cc(C(F)(F)F)cc(C(F)(F)F)c1. The molecule has 2 saturated heterocycles. The highest BCUT2D eigenvalue weighted by molar-refractivity contribution is 5.75. The van der Waals surface area contributed by atoms with Crippen LogP contribution in [0.2, 0.25) is 0 Å². The first-order valence-corrected chi connectivity index (χ1v) is 14.1. The van der Waals surface area contributed by atoms with E-state index in [1.807, 2.05) is 45.0 Å². The van der Waals surface area contributed by atoms with Gasteiger partial charge in [-0.2, -0.15) is 26.3 Å². The van der Waals surface area contributed by atoms with E-state index in [2.05, 4.69) is 4.90 Å². The molecular weight excluding hydrogens is 560 g/mol. The van der Waals surface area contributed by atoms with Crippen LogP contribution in [0.5, 0.6) is 0 Å².